The monoisotopic (exact) mass is 141 g/mol. The van der Waals surface area contributed by atoms with Gasteiger partial charge >= 0.3 is 6.09 Å². The molecule has 1 heterocycles. The van der Waals surface area contributed by atoms with Crippen molar-refractivity contribution in [1.29, 1.82) is 0 Å². The molecule has 1 aliphatic heterocycles. The van der Waals surface area contributed by atoms with Gasteiger partial charge in [0.1, 0.15) is 6.61 Å². The lowest BCUT2D eigenvalue weighted by atomic mass is 10.3. The first-order valence-corrected chi connectivity index (χ1v) is 3.26. The van der Waals surface area contributed by atoms with Gasteiger partial charge in [0.05, 0.1) is 5.70 Å². The van der Waals surface area contributed by atoms with Crippen LogP contribution in [0.4, 0.5) is 4.79 Å². The minimum Gasteiger partial charge on any atom is -0.443 e. The molecule has 1 aliphatic rings. The third-order valence-electron chi connectivity index (χ3n) is 1.42. The van der Waals surface area contributed by atoms with E-state index in [9.17, 15) is 4.79 Å². The predicted molar refractivity (Wildman–Crippen MR) is 37.5 cm³/mol. The van der Waals surface area contributed by atoms with Crippen LogP contribution in [0.25, 0.3) is 0 Å². The summed E-state index contributed by atoms with van der Waals surface area (Å²) < 4.78 is 4.73. The third kappa shape index (κ3) is 0.988. The smallest absolute Gasteiger partial charge is 0.414 e. The molecule has 56 valence electrons. The largest absolute Gasteiger partial charge is 0.443 e. The summed E-state index contributed by atoms with van der Waals surface area (Å²) in [6.07, 6.45) is -0.278. The second-order valence-corrected chi connectivity index (χ2v) is 2.58. The lowest BCUT2D eigenvalue weighted by Gasteiger charge is -2.17. The van der Waals surface area contributed by atoms with E-state index in [1.807, 2.05) is 13.8 Å². The van der Waals surface area contributed by atoms with E-state index in [0.29, 0.717) is 6.61 Å². The number of hydrogen-bond acceptors (Lipinski definition) is 2. The fraction of sp³-hybridized carbons (Fsp3) is 0.571. The van der Waals surface area contributed by atoms with Crippen LogP contribution in [0, 0.1) is 0 Å². The summed E-state index contributed by atoms with van der Waals surface area (Å²) >= 11 is 0. The Hall–Kier alpha value is -0.990. The molecule has 0 N–H and O–H groups in total. The summed E-state index contributed by atoms with van der Waals surface area (Å²) in [6.45, 7) is 7.89. The molecule has 0 spiro atoms. The molecule has 10 heavy (non-hydrogen) atoms. The Labute approximate surface area is 60.3 Å². The minimum absolute atomic E-state index is 0.155. The van der Waals surface area contributed by atoms with E-state index in [1.165, 1.54) is 0 Å². The normalized spacial score (nSPS) is 18.5. The van der Waals surface area contributed by atoms with E-state index in [1.54, 1.807) is 4.90 Å². The summed E-state index contributed by atoms with van der Waals surface area (Å²) in [5, 5.41) is 0. The molecule has 3 heteroatoms. The summed E-state index contributed by atoms with van der Waals surface area (Å²) in [5.74, 6) is 0. The summed E-state index contributed by atoms with van der Waals surface area (Å²) in [5.41, 5.74) is 0.750. The van der Waals surface area contributed by atoms with Crippen molar-refractivity contribution in [1.82, 2.24) is 4.90 Å². The fourth-order valence-electron chi connectivity index (χ4n) is 0.989. The fourth-order valence-corrected chi connectivity index (χ4v) is 0.989. The van der Waals surface area contributed by atoms with Gasteiger partial charge in [-0.3, -0.25) is 4.90 Å². The van der Waals surface area contributed by atoms with Crippen molar-refractivity contribution in [3.05, 3.63) is 12.3 Å². The quantitative estimate of drug-likeness (QED) is 0.551. The maximum atomic E-state index is 10.9. The van der Waals surface area contributed by atoms with Crippen LogP contribution in [0.2, 0.25) is 0 Å². The molecule has 0 atom stereocenters. The highest BCUT2D eigenvalue weighted by atomic mass is 16.6. The Bertz CT molecular complexity index is 158. The zero-order chi connectivity index (χ0) is 7.72. The molecule has 1 rings (SSSR count). The zero-order valence-electron chi connectivity index (χ0n) is 6.26. The van der Waals surface area contributed by atoms with Gasteiger partial charge in [-0.2, -0.15) is 0 Å². The molecule has 1 fully saturated rings. The van der Waals surface area contributed by atoms with Crippen LogP contribution in [-0.4, -0.2) is 23.6 Å². The topological polar surface area (TPSA) is 29.5 Å². The predicted octanol–water partition coefficient (Wildman–Crippen LogP) is 1.36. The second-order valence-electron chi connectivity index (χ2n) is 2.58. The number of hydrogen-bond donors (Lipinski definition) is 0. The van der Waals surface area contributed by atoms with Gasteiger partial charge in [0.2, 0.25) is 0 Å². The number of cyclic esters (lactones) is 1. The van der Waals surface area contributed by atoms with Crippen molar-refractivity contribution in [3.63, 3.8) is 0 Å². The Balaban J connectivity index is 2.72. The highest BCUT2D eigenvalue weighted by Gasteiger charge is 2.27. The number of amides is 1. The minimum atomic E-state index is -0.278. The molecule has 0 aromatic carbocycles. The molecule has 0 bridgehead atoms. The standard InChI is InChI=1S/C7H11NO2/c1-5(2)8-6(3)4-10-7(8)9/h5H,3-4H2,1-2H3. The van der Waals surface area contributed by atoms with Gasteiger partial charge < -0.3 is 4.74 Å². The first kappa shape index (κ1) is 7.12. The van der Waals surface area contributed by atoms with E-state index in [4.69, 9.17) is 4.74 Å². The van der Waals surface area contributed by atoms with Crippen molar-refractivity contribution in [2.45, 2.75) is 19.9 Å². The van der Waals surface area contributed by atoms with Crippen molar-refractivity contribution in [2.24, 2.45) is 0 Å². The van der Waals surface area contributed by atoms with E-state index in [0.717, 1.165) is 5.70 Å². The lowest BCUT2D eigenvalue weighted by molar-refractivity contribution is 0.153. The molecule has 0 aromatic heterocycles. The average molecular weight is 141 g/mol. The molecule has 0 aliphatic carbocycles. The number of carbonyl (C=O) groups is 1. The van der Waals surface area contributed by atoms with Crippen LogP contribution in [-0.2, 0) is 4.74 Å². The van der Waals surface area contributed by atoms with E-state index < -0.39 is 0 Å². The van der Waals surface area contributed by atoms with E-state index >= 15 is 0 Å². The Morgan fingerprint density at radius 3 is 2.50 bits per heavy atom. The average Bonchev–Trinajstić information content (AvgIpc) is 2.11. The van der Waals surface area contributed by atoms with Crippen LogP contribution < -0.4 is 0 Å². The van der Waals surface area contributed by atoms with Crippen LogP contribution in [0.1, 0.15) is 13.8 Å². The highest BCUT2D eigenvalue weighted by molar-refractivity contribution is 5.73. The van der Waals surface area contributed by atoms with Gasteiger partial charge in [-0.1, -0.05) is 6.58 Å². The maximum Gasteiger partial charge on any atom is 0.414 e. The van der Waals surface area contributed by atoms with Crippen LogP contribution in [0.3, 0.4) is 0 Å². The molecule has 1 amide bonds. The molecule has 1 saturated heterocycles. The molecule has 0 saturated carbocycles. The first-order valence-electron chi connectivity index (χ1n) is 3.26. The molecule has 0 unspecified atom stereocenters. The van der Waals surface area contributed by atoms with E-state index in [-0.39, 0.29) is 12.1 Å². The molecule has 0 radical (unpaired) electrons. The Morgan fingerprint density at radius 1 is 1.70 bits per heavy atom. The third-order valence-corrected chi connectivity index (χ3v) is 1.42. The van der Waals surface area contributed by atoms with Crippen LogP contribution in [0.5, 0.6) is 0 Å². The van der Waals surface area contributed by atoms with Gasteiger partial charge in [0, 0.05) is 6.04 Å². The summed E-state index contributed by atoms with van der Waals surface area (Å²) in [7, 11) is 0. The van der Waals surface area contributed by atoms with Gasteiger partial charge in [-0.15, -0.1) is 0 Å². The number of carbonyl (C=O) groups excluding carboxylic acids is 1. The lowest BCUT2D eigenvalue weighted by Crippen LogP contribution is -2.29. The van der Waals surface area contributed by atoms with E-state index in [2.05, 4.69) is 6.58 Å². The number of ether oxygens (including phenoxy) is 1. The molecular weight excluding hydrogens is 130 g/mol. The van der Waals surface area contributed by atoms with Crippen LogP contribution in [0.15, 0.2) is 12.3 Å². The first-order chi connectivity index (χ1) is 4.63. The van der Waals surface area contributed by atoms with Gasteiger partial charge in [-0.05, 0) is 13.8 Å². The molecule has 0 aromatic rings. The Kier molecular flexibility index (Phi) is 1.66. The number of rotatable bonds is 1. The Morgan fingerprint density at radius 2 is 2.30 bits per heavy atom. The second kappa shape index (κ2) is 2.33. The van der Waals surface area contributed by atoms with Crippen molar-refractivity contribution < 1.29 is 9.53 Å². The summed E-state index contributed by atoms with van der Waals surface area (Å²) in [4.78, 5) is 12.4. The van der Waals surface area contributed by atoms with Gasteiger partial charge in [-0.25, -0.2) is 4.79 Å². The highest BCUT2D eigenvalue weighted by Crippen LogP contribution is 2.16. The summed E-state index contributed by atoms with van der Waals surface area (Å²) in [6, 6.07) is 0.155. The maximum absolute atomic E-state index is 10.9. The van der Waals surface area contributed by atoms with Gasteiger partial charge in [0.25, 0.3) is 0 Å². The number of nitrogens with zero attached hydrogens (tertiary/aromatic N) is 1. The van der Waals surface area contributed by atoms with Crippen molar-refractivity contribution in [3.8, 4) is 0 Å². The van der Waals surface area contributed by atoms with Crippen molar-refractivity contribution in [2.75, 3.05) is 6.61 Å². The van der Waals surface area contributed by atoms with Crippen molar-refractivity contribution >= 4 is 6.09 Å². The van der Waals surface area contributed by atoms with Gasteiger partial charge in [0.15, 0.2) is 0 Å². The SMILES string of the molecule is C=C1COC(=O)N1C(C)C. The molecular formula is C7H11NO2. The van der Waals surface area contributed by atoms with Crippen LogP contribution >= 0.6 is 0 Å². The molecule has 3 nitrogen and oxygen atoms in total. The zero-order valence-corrected chi connectivity index (χ0v) is 6.26.